The lowest BCUT2D eigenvalue weighted by Crippen LogP contribution is -2.35. The van der Waals surface area contributed by atoms with E-state index in [1.807, 2.05) is 13.8 Å². The number of benzene rings is 1. The first-order valence-electron chi connectivity index (χ1n) is 7.12. The van der Waals surface area contributed by atoms with Crippen LogP contribution in [-0.2, 0) is 9.47 Å². The molecular formula is C17H20O4. The van der Waals surface area contributed by atoms with E-state index in [9.17, 15) is 9.90 Å². The summed E-state index contributed by atoms with van der Waals surface area (Å²) in [7, 11) is 0. The van der Waals surface area contributed by atoms with Gasteiger partial charge in [0, 0.05) is 25.2 Å². The van der Waals surface area contributed by atoms with Gasteiger partial charge in [0.2, 0.25) is 0 Å². The van der Waals surface area contributed by atoms with E-state index in [4.69, 9.17) is 9.47 Å². The number of rotatable bonds is 6. The van der Waals surface area contributed by atoms with Crippen LogP contribution in [0.3, 0.4) is 0 Å². The molecule has 1 N–H and O–H groups in total. The molecule has 2 rings (SSSR count). The highest BCUT2D eigenvalue weighted by atomic mass is 16.7. The maximum atomic E-state index is 12.4. The highest BCUT2D eigenvalue weighted by Crippen LogP contribution is 2.29. The van der Waals surface area contributed by atoms with Crippen molar-refractivity contribution in [1.29, 1.82) is 0 Å². The number of para-hydroxylation sites is 1. The number of carbonyl (C=O) groups excluding carboxylic acids is 1. The third kappa shape index (κ3) is 3.40. The van der Waals surface area contributed by atoms with E-state index in [0.29, 0.717) is 30.8 Å². The summed E-state index contributed by atoms with van der Waals surface area (Å²) in [5.74, 6) is -0.999. The van der Waals surface area contributed by atoms with Crippen LogP contribution >= 0.6 is 0 Å². The van der Waals surface area contributed by atoms with Crippen LogP contribution in [0.1, 0.15) is 30.6 Å². The molecule has 0 unspecified atom stereocenters. The van der Waals surface area contributed by atoms with Crippen molar-refractivity contribution in [2.24, 2.45) is 0 Å². The summed E-state index contributed by atoms with van der Waals surface area (Å²) < 4.78 is 11.3. The van der Waals surface area contributed by atoms with E-state index < -0.39 is 5.79 Å². The van der Waals surface area contributed by atoms with Gasteiger partial charge in [0.25, 0.3) is 0 Å². The second-order valence-electron chi connectivity index (χ2n) is 4.72. The van der Waals surface area contributed by atoms with Crippen LogP contribution in [0.5, 0.6) is 5.75 Å². The molecule has 0 saturated carbocycles. The molecule has 21 heavy (non-hydrogen) atoms. The summed E-state index contributed by atoms with van der Waals surface area (Å²) in [6, 6.07) is 6.53. The predicted octanol–water partition coefficient (Wildman–Crippen LogP) is 3.23. The van der Waals surface area contributed by atoms with Gasteiger partial charge in [-0.3, -0.25) is 4.79 Å². The fraction of sp³-hybridized carbons (Fsp3) is 0.353. The number of Topliss-reactive ketones (excluding diaryl/α,β-unsaturated/α-hetero) is 1. The lowest BCUT2D eigenvalue weighted by Gasteiger charge is -2.31. The molecule has 0 atom stereocenters. The number of ketones is 1. The molecule has 0 radical (unpaired) electrons. The molecule has 0 bridgehead atoms. The summed E-state index contributed by atoms with van der Waals surface area (Å²) in [6.45, 7) is 4.86. The van der Waals surface area contributed by atoms with Crippen molar-refractivity contribution in [2.45, 2.75) is 26.1 Å². The number of hydrogen-bond donors (Lipinski definition) is 1. The minimum atomic E-state index is -0.786. The molecular weight excluding hydrogens is 268 g/mol. The molecule has 0 heterocycles. The Kier molecular flexibility index (Phi) is 4.94. The number of phenols is 1. The molecule has 112 valence electrons. The van der Waals surface area contributed by atoms with Gasteiger partial charge < -0.3 is 14.6 Å². The van der Waals surface area contributed by atoms with Crippen molar-refractivity contribution in [2.75, 3.05) is 13.2 Å². The second-order valence-corrected chi connectivity index (χ2v) is 4.72. The second kappa shape index (κ2) is 6.70. The standard InChI is InChI=1S/C17H20O4/c1-3-20-17(21-4-2)11-9-13(10-12-17)16(19)14-7-5-6-8-15(14)18/h5-11,18H,3-4,12H2,1-2H3. The zero-order valence-electron chi connectivity index (χ0n) is 12.3. The minimum Gasteiger partial charge on any atom is -0.507 e. The Morgan fingerprint density at radius 2 is 1.90 bits per heavy atom. The zero-order valence-corrected chi connectivity index (χ0v) is 12.3. The maximum absolute atomic E-state index is 12.4. The Labute approximate surface area is 124 Å². The number of carbonyl (C=O) groups is 1. The topological polar surface area (TPSA) is 55.8 Å². The van der Waals surface area contributed by atoms with E-state index in [-0.39, 0.29) is 11.5 Å². The highest BCUT2D eigenvalue weighted by Gasteiger charge is 2.30. The number of ether oxygens (including phenoxy) is 2. The minimum absolute atomic E-state index is 0.0109. The van der Waals surface area contributed by atoms with Gasteiger partial charge in [0.15, 0.2) is 11.6 Å². The van der Waals surface area contributed by atoms with Gasteiger partial charge in [-0.05, 0) is 32.1 Å². The largest absolute Gasteiger partial charge is 0.507 e. The van der Waals surface area contributed by atoms with Crippen LogP contribution in [0, 0.1) is 0 Å². The van der Waals surface area contributed by atoms with Crippen LogP contribution in [0.25, 0.3) is 0 Å². The lowest BCUT2D eigenvalue weighted by atomic mass is 9.95. The average molecular weight is 288 g/mol. The Hall–Kier alpha value is -1.91. The molecule has 0 fully saturated rings. The zero-order chi connectivity index (χ0) is 15.3. The molecule has 0 saturated heterocycles. The van der Waals surface area contributed by atoms with E-state index in [2.05, 4.69) is 0 Å². The quantitative estimate of drug-likeness (QED) is 0.645. The first-order valence-corrected chi connectivity index (χ1v) is 7.12. The van der Waals surface area contributed by atoms with Gasteiger partial charge in [-0.1, -0.05) is 24.3 Å². The third-order valence-corrected chi connectivity index (χ3v) is 3.31. The van der Waals surface area contributed by atoms with Gasteiger partial charge in [-0.2, -0.15) is 0 Å². The van der Waals surface area contributed by atoms with E-state index >= 15 is 0 Å². The molecule has 0 amide bonds. The van der Waals surface area contributed by atoms with Crippen molar-refractivity contribution in [3.05, 3.63) is 53.6 Å². The van der Waals surface area contributed by atoms with Crippen LogP contribution in [-0.4, -0.2) is 29.9 Å². The number of aromatic hydroxyl groups is 1. The highest BCUT2D eigenvalue weighted by molar-refractivity contribution is 6.12. The molecule has 1 aromatic rings. The molecule has 0 spiro atoms. The lowest BCUT2D eigenvalue weighted by molar-refractivity contribution is -0.197. The number of phenolic OH excluding ortho intramolecular Hbond substituents is 1. The molecule has 0 aromatic heterocycles. The third-order valence-electron chi connectivity index (χ3n) is 3.31. The van der Waals surface area contributed by atoms with Crippen LogP contribution in [0.15, 0.2) is 48.1 Å². The maximum Gasteiger partial charge on any atom is 0.196 e. The fourth-order valence-electron chi connectivity index (χ4n) is 2.34. The molecule has 1 aliphatic rings. The molecule has 4 heteroatoms. The summed E-state index contributed by atoms with van der Waals surface area (Å²) in [5.41, 5.74) is 0.834. The monoisotopic (exact) mass is 288 g/mol. The SMILES string of the molecule is CCOC1(OCC)C=CC(C(=O)c2ccccc2O)=CC1. The van der Waals surface area contributed by atoms with Crippen LogP contribution in [0.2, 0.25) is 0 Å². The van der Waals surface area contributed by atoms with Gasteiger partial charge in [0.1, 0.15) is 5.75 Å². The summed E-state index contributed by atoms with van der Waals surface area (Å²) >= 11 is 0. The van der Waals surface area contributed by atoms with Gasteiger partial charge in [0.05, 0.1) is 5.56 Å². The van der Waals surface area contributed by atoms with Gasteiger partial charge in [-0.15, -0.1) is 0 Å². The Morgan fingerprint density at radius 3 is 2.43 bits per heavy atom. The van der Waals surface area contributed by atoms with Crippen molar-refractivity contribution in [3.8, 4) is 5.75 Å². The van der Waals surface area contributed by atoms with E-state index in [1.54, 1.807) is 36.4 Å². The van der Waals surface area contributed by atoms with Crippen molar-refractivity contribution in [3.63, 3.8) is 0 Å². The fourth-order valence-corrected chi connectivity index (χ4v) is 2.34. The first-order chi connectivity index (χ1) is 10.1. The smallest absolute Gasteiger partial charge is 0.196 e. The van der Waals surface area contributed by atoms with Crippen LogP contribution in [0.4, 0.5) is 0 Å². The predicted molar refractivity (Wildman–Crippen MR) is 80.3 cm³/mol. The molecule has 1 aliphatic carbocycles. The summed E-state index contributed by atoms with van der Waals surface area (Å²) in [6.07, 6.45) is 5.73. The van der Waals surface area contributed by atoms with E-state index in [1.165, 1.54) is 6.07 Å². The van der Waals surface area contributed by atoms with E-state index in [0.717, 1.165) is 0 Å². The normalized spacial score (nSPS) is 16.6. The van der Waals surface area contributed by atoms with Crippen molar-refractivity contribution >= 4 is 5.78 Å². The van der Waals surface area contributed by atoms with Crippen molar-refractivity contribution in [1.82, 2.24) is 0 Å². The Morgan fingerprint density at radius 1 is 1.24 bits per heavy atom. The Balaban J connectivity index is 2.18. The van der Waals surface area contributed by atoms with Gasteiger partial charge in [-0.25, -0.2) is 0 Å². The molecule has 1 aromatic carbocycles. The molecule has 0 aliphatic heterocycles. The van der Waals surface area contributed by atoms with Crippen molar-refractivity contribution < 1.29 is 19.4 Å². The first kappa shape index (κ1) is 15.5. The molecule has 4 nitrogen and oxygen atoms in total. The number of hydrogen-bond acceptors (Lipinski definition) is 4. The summed E-state index contributed by atoms with van der Waals surface area (Å²) in [4.78, 5) is 12.4. The Bertz CT molecular complexity index is 566. The van der Waals surface area contributed by atoms with Crippen LogP contribution < -0.4 is 0 Å². The number of allylic oxidation sites excluding steroid dienone is 2. The van der Waals surface area contributed by atoms with Gasteiger partial charge >= 0.3 is 0 Å². The summed E-state index contributed by atoms with van der Waals surface area (Å²) in [5, 5.41) is 9.76. The average Bonchev–Trinajstić information content (AvgIpc) is 2.48.